The lowest BCUT2D eigenvalue weighted by Gasteiger charge is -2.23. The minimum absolute atomic E-state index is 0.233. The number of phenolic OH excluding ortho intramolecular Hbond substituents is 2. The molecule has 0 spiro atoms. The normalized spacial score (nSPS) is 13.3. The molecule has 144 valence electrons. The lowest BCUT2D eigenvalue weighted by molar-refractivity contribution is 0.399. The molecule has 0 unspecified atom stereocenters. The van der Waals surface area contributed by atoms with E-state index < -0.39 is 0 Å². The standard InChI is InChI=1S/C26H22O3/c1-2-16-11-12-17-7-3-4-8-19(17)26(16)29-18-13-14-22-23(15-18)25(28)21-10-6-5-9-20(21)24(22)27/h3-13,27-28H,2,14-15H2,1H3. The summed E-state index contributed by atoms with van der Waals surface area (Å²) in [4.78, 5) is 0. The van der Waals surface area contributed by atoms with Crippen molar-refractivity contribution in [2.24, 2.45) is 0 Å². The summed E-state index contributed by atoms with van der Waals surface area (Å²) in [7, 11) is 0. The average Bonchev–Trinajstić information content (AvgIpc) is 2.77. The van der Waals surface area contributed by atoms with Crippen LogP contribution in [0.4, 0.5) is 0 Å². The summed E-state index contributed by atoms with van der Waals surface area (Å²) in [6, 6.07) is 19.9. The van der Waals surface area contributed by atoms with E-state index in [1.54, 1.807) is 0 Å². The first kappa shape index (κ1) is 17.6. The van der Waals surface area contributed by atoms with E-state index >= 15 is 0 Å². The molecule has 1 aliphatic carbocycles. The van der Waals surface area contributed by atoms with E-state index in [1.807, 2.05) is 42.5 Å². The van der Waals surface area contributed by atoms with Gasteiger partial charge in [0.25, 0.3) is 0 Å². The smallest absolute Gasteiger partial charge is 0.137 e. The van der Waals surface area contributed by atoms with Gasteiger partial charge in [-0.25, -0.2) is 0 Å². The first-order chi connectivity index (χ1) is 14.2. The molecule has 3 nitrogen and oxygen atoms in total. The summed E-state index contributed by atoms with van der Waals surface area (Å²) in [5, 5.41) is 25.2. The molecule has 0 fully saturated rings. The van der Waals surface area contributed by atoms with E-state index in [1.165, 1.54) is 0 Å². The van der Waals surface area contributed by atoms with Gasteiger partial charge in [0.15, 0.2) is 0 Å². The number of rotatable bonds is 3. The van der Waals surface area contributed by atoms with Crippen molar-refractivity contribution in [1.29, 1.82) is 0 Å². The predicted molar refractivity (Wildman–Crippen MR) is 117 cm³/mol. The zero-order valence-corrected chi connectivity index (χ0v) is 16.3. The van der Waals surface area contributed by atoms with Gasteiger partial charge in [-0.15, -0.1) is 0 Å². The van der Waals surface area contributed by atoms with Crippen LogP contribution in [0.3, 0.4) is 0 Å². The molecule has 4 aromatic rings. The fourth-order valence-electron chi connectivity index (χ4n) is 4.28. The molecule has 0 amide bonds. The van der Waals surface area contributed by atoms with Gasteiger partial charge in [0, 0.05) is 33.7 Å². The maximum atomic E-state index is 10.9. The van der Waals surface area contributed by atoms with Crippen LogP contribution in [0, 0.1) is 0 Å². The third kappa shape index (κ3) is 2.82. The van der Waals surface area contributed by atoms with Crippen LogP contribution in [-0.4, -0.2) is 10.2 Å². The number of hydrogen-bond donors (Lipinski definition) is 2. The van der Waals surface area contributed by atoms with Crippen molar-refractivity contribution in [3.63, 3.8) is 0 Å². The molecule has 2 N–H and O–H groups in total. The van der Waals surface area contributed by atoms with Crippen LogP contribution in [0.5, 0.6) is 17.2 Å². The van der Waals surface area contributed by atoms with Gasteiger partial charge in [-0.1, -0.05) is 67.6 Å². The Hall–Kier alpha value is -3.46. The topological polar surface area (TPSA) is 49.7 Å². The SMILES string of the molecule is CCc1ccc2ccccc2c1OC1=CCc2c(c(O)c3ccccc3c2O)C1. The minimum atomic E-state index is 0.233. The van der Waals surface area contributed by atoms with E-state index in [2.05, 4.69) is 31.2 Å². The second kappa shape index (κ2) is 6.85. The largest absolute Gasteiger partial charge is 0.507 e. The van der Waals surface area contributed by atoms with Gasteiger partial charge in [0.05, 0.1) is 0 Å². The molecule has 3 heteroatoms. The maximum absolute atomic E-state index is 10.9. The Morgan fingerprint density at radius 3 is 2.17 bits per heavy atom. The van der Waals surface area contributed by atoms with Crippen molar-refractivity contribution in [1.82, 2.24) is 0 Å². The Kier molecular flexibility index (Phi) is 4.17. The number of fused-ring (bicyclic) bond motifs is 3. The first-order valence-corrected chi connectivity index (χ1v) is 9.99. The average molecular weight is 382 g/mol. The van der Waals surface area contributed by atoms with Crippen LogP contribution in [0.1, 0.15) is 23.6 Å². The quantitative estimate of drug-likeness (QED) is 0.426. The number of ether oxygens (including phenoxy) is 1. The molecule has 0 radical (unpaired) electrons. The third-order valence-corrected chi connectivity index (χ3v) is 5.83. The van der Waals surface area contributed by atoms with Crippen molar-refractivity contribution in [2.45, 2.75) is 26.2 Å². The molecule has 4 aromatic carbocycles. The van der Waals surface area contributed by atoms with Gasteiger partial charge in [0.1, 0.15) is 23.0 Å². The summed E-state index contributed by atoms with van der Waals surface area (Å²) < 4.78 is 6.42. The fourth-order valence-corrected chi connectivity index (χ4v) is 4.28. The number of aryl methyl sites for hydroxylation is 1. The zero-order valence-electron chi connectivity index (χ0n) is 16.3. The molecule has 0 aromatic heterocycles. The highest BCUT2D eigenvalue weighted by Crippen LogP contribution is 2.43. The molecule has 1 aliphatic rings. The van der Waals surface area contributed by atoms with Crippen molar-refractivity contribution < 1.29 is 14.9 Å². The number of aromatic hydroxyl groups is 2. The molecular formula is C26H22O3. The molecule has 0 bridgehead atoms. The fraction of sp³-hybridized carbons (Fsp3) is 0.154. The van der Waals surface area contributed by atoms with Crippen LogP contribution >= 0.6 is 0 Å². The highest BCUT2D eigenvalue weighted by Gasteiger charge is 2.23. The van der Waals surface area contributed by atoms with Crippen molar-refractivity contribution >= 4 is 21.5 Å². The van der Waals surface area contributed by atoms with E-state index in [-0.39, 0.29) is 11.5 Å². The first-order valence-electron chi connectivity index (χ1n) is 9.99. The summed E-state index contributed by atoms with van der Waals surface area (Å²) in [5.74, 6) is 2.16. The van der Waals surface area contributed by atoms with Crippen molar-refractivity contribution in [3.8, 4) is 17.2 Å². The minimum Gasteiger partial charge on any atom is -0.507 e. The van der Waals surface area contributed by atoms with Crippen LogP contribution in [-0.2, 0) is 19.3 Å². The second-order valence-corrected chi connectivity index (χ2v) is 7.48. The highest BCUT2D eigenvalue weighted by atomic mass is 16.5. The monoisotopic (exact) mass is 382 g/mol. The van der Waals surface area contributed by atoms with Gasteiger partial charge in [-0.3, -0.25) is 0 Å². The molecule has 5 rings (SSSR count). The van der Waals surface area contributed by atoms with Gasteiger partial charge in [0.2, 0.25) is 0 Å². The van der Waals surface area contributed by atoms with Gasteiger partial charge in [-0.2, -0.15) is 0 Å². The Morgan fingerprint density at radius 2 is 1.45 bits per heavy atom. The molecule has 0 saturated carbocycles. The molecular weight excluding hydrogens is 360 g/mol. The van der Waals surface area contributed by atoms with E-state index in [9.17, 15) is 10.2 Å². The number of allylic oxidation sites excluding steroid dienone is 2. The predicted octanol–water partition coefficient (Wildman–Crippen LogP) is 6.03. The molecule has 29 heavy (non-hydrogen) atoms. The van der Waals surface area contributed by atoms with E-state index in [4.69, 9.17) is 4.74 Å². The van der Waals surface area contributed by atoms with Gasteiger partial charge < -0.3 is 14.9 Å². The van der Waals surface area contributed by atoms with Crippen LogP contribution in [0.15, 0.2) is 72.5 Å². The summed E-state index contributed by atoms with van der Waals surface area (Å²) in [6.07, 6.45) is 3.87. The van der Waals surface area contributed by atoms with Crippen molar-refractivity contribution in [2.75, 3.05) is 0 Å². The Bertz CT molecular complexity index is 1280. The van der Waals surface area contributed by atoms with Crippen LogP contribution in [0.2, 0.25) is 0 Å². The lowest BCUT2D eigenvalue weighted by Crippen LogP contribution is -2.10. The third-order valence-electron chi connectivity index (χ3n) is 5.83. The van der Waals surface area contributed by atoms with Gasteiger partial charge >= 0.3 is 0 Å². The van der Waals surface area contributed by atoms with E-state index in [0.717, 1.165) is 45.4 Å². The molecule has 0 saturated heterocycles. The summed E-state index contributed by atoms with van der Waals surface area (Å²) in [6.45, 7) is 2.12. The van der Waals surface area contributed by atoms with Crippen LogP contribution < -0.4 is 4.74 Å². The highest BCUT2D eigenvalue weighted by molar-refractivity contribution is 5.96. The molecule has 0 heterocycles. The summed E-state index contributed by atoms with van der Waals surface area (Å²) >= 11 is 0. The Balaban J connectivity index is 1.58. The summed E-state index contributed by atoms with van der Waals surface area (Å²) in [5.41, 5.74) is 2.68. The van der Waals surface area contributed by atoms with E-state index in [0.29, 0.717) is 23.6 Å². The lowest BCUT2D eigenvalue weighted by atomic mass is 9.90. The zero-order chi connectivity index (χ0) is 20.0. The second-order valence-electron chi connectivity index (χ2n) is 7.48. The number of phenols is 2. The van der Waals surface area contributed by atoms with Crippen LogP contribution in [0.25, 0.3) is 21.5 Å². The van der Waals surface area contributed by atoms with Gasteiger partial charge in [-0.05, 0) is 29.9 Å². The molecule has 0 atom stereocenters. The number of benzene rings is 4. The number of hydrogen-bond acceptors (Lipinski definition) is 3. The Labute approximate surface area is 169 Å². The van der Waals surface area contributed by atoms with Crippen molar-refractivity contribution in [3.05, 3.63) is 89.2 Å². The molecule has 0 aliphatic heterocycles. The Morgan fingerprint density at radius 1 is 0.793 bits per heavy atom. The maximum Gasteiger partial charge on any atom is 0.137 e.